The third-order valence-electron chi connectivity index (χ3n) is 18.6. The van der Waals surface area contributed by atoms with Crippen LogP contribution in [0.4, 0.5) is 0 Å². The number of carbonyl (C=O) groups excluding carboxylic acids is 14. The number of cyclic esters (lactones) is 1. The van der Waals surface area contributed by atoms with E-state index in [0.717, 1.165) is 0 Å². The molecule has 0 radical (unpaired) electrons. The first-order valence-corrected chi connectivity index (χ1v) is 36.6. The number of likely N-dealkylation sites (tertiary alicyclic amines) is 1. The van der Waals surface area contributed by atoms with Gasteiger partial charge in [-0.1, -0.05) is 152 Å². The third-order valence-corrected chi connectivity index (χ3v) is 18.6. The lowest BCUT2D eigenvalue weighted by Gasteiger charge is -2.33. The van der Waals surface area contributed by atoms with Crippen LogP contribution in [0, 0.1) is 41.4 Å². The number of rotatable bonds is 31. The van der Waals surface area contributed by atoms with E-state index in [-0.39, 0.29) is 56.8 Å². The maximum atomic E-state index is 15.1. The molecule has 0 saturated carbocycles. The summed E-state index contributed by atoms with van der Waals surface area (Å²) in [5, 5.41) is 42.7. The van der Waals surface area contributed by atoms with Crippen molar-refractivity contribution >= 4 is 82.8 Å². The fraction of sp³-hybridized carbons (Fsp3) is 0.676. The summed E-state index contributed by atoms with van der Waals surface area (Å²) in [6.07, 6.45) is 0.854. The SMILES string of the molecule is C/C=C1\NC(=O)[C@H](Cc2ccccc2)NC(=O)[C@@H]([C@@H](C)CC)NC(=O)[C@@H]([C@@H](C)CC)NC(=O)[C@H](NC(=O)[C@@H](CC(C)C)NC(=O)[C@H](CCCN)NC(=O)[C@H]2CCCN2C(=O)[C@H](NC(=O)[C@@H](NC(=O)[C@@H](NC(=O)[C@H](NC(=O)C=C(C)C)[C@@H](C)O)C(C)C)C(C)C)C(C)C)[C@@H](C)OC(=O)[C@H](C(C)C)NC1=O. The Kier molecular flexibility index (Phi) is 36.8. The Bertz CT molecular complexity index is 3210. The van der Waals surface area contributed by atoms with Gasteiger partial charge in [0.05, 0.1) is 6.10 Å². The Morgan fingerprint density at radius 2 is 1.16 bits per heavy atom. The fourth-order valence-corrected chi connectivity index (χ4v) is 11.9. The number of aliphatic hydroxyl groups is 1. The zero-order valence-corrected chi connectivity index (χ0v) is 64.3. The smallest absolute Gasteiger partial charge is 0.329 e. The van der Waals surface area contributed by atoms with Crippen molar-refractivity contribution in [2.75, 3.05) is 13.1 Å². The Hall–Kier alpha value is -8.80. The van der Waals surface area contributed by atoms with Crippen molar-refractivity contribution in [1.82, 2.24) is 68.7 Å². The van der Waals surface area contributed by atoms with Gasteiger partial charge in [-0.15, -0.1) is 0 Å². The van der Waals surface area contributed by atoms with Gasteiger partial charge in [0.25, 0.3) is 5.91 Å². The van der Waals surface area contributed by atoms with Crippen molar-refractivity contribution in [3.8, 4) is 0 Å². The van der Waals surface area contributed by atoms with Crippen molar-refractivity contribution < 1.29 is 77.0 Å². The molecule has 30 nitrogen and oxygen atoms in total. The number of hydrogen-bond acceptors (Lipinski definition) is 17. The lowest BCUT2D eigenvalue weighted by molar-refractivity contribution is -0.157. The van der Waals surface area contributed by atoms with Crippen molar-refractivity contribution in [1.29, 1.82) is 0 Å². The molecule has 0 aromatic heterocycles. The number of aliphatic hydroxyl groups excluding tert-OH is 1. The van der Waals surface area contributed by atoms with Crippen LogP contribution in [0.25, 0.3) is 0 Å². The van der Waals surface area contributed by atoms with Crippen LogP contribution in [-0.2, 0) is 78.3 Å². The number of benzene rings is 1. The monoisotopic (exact) mass is 1460 g/mol. The highest BCUT2D eigenvalue weighted by atomic mass is 16.5. The van der Waals surface area contributed by atoms with Crippen LogP contribution in [0.2, 0.25) is 0 Å². The number of nitrogens with one attached hydrogen (secondary N) is 12. The van der Waals surface area contributed by atoms with Crippen molar-refractivity contribution in [2.45, 2.75) is 268 Å². The number of hydrogen-bond donors (Lipinski definition) is 14. The van der Waals surface area contributed by atoms with Gasteiger partial charge in [-0.25, -0.2) is 4.79 Å². The Morgan fingerprint density at radius 1 is 0.635 bits per heavy atom. The van der Waals surface area contributed by atoms with Crippen LogP contribution in [0.3, 0.4) is 0 Å². The molecule has 1 aromatic carbocycles. The topological polar surface area (TPSA) is 442 Å². The van der Waals surface area contributed by atoms with Gasteiger partial charge in [0, 0.05) is 19.0 Å². The summed E-state index contributed by atoms with van der Waals surface area (Å²) < 4.78 is 5.97. The molecule has 0 unspecified atom stereocenters. The first kappa shape index (κ1) is 89.4. The number of ether oxygens (including phenoxy) is 1. The first-order valence-electron chi connectivity index (χ1n) is 36.6. The molecule has 582 valence electrons. The summed E-state index contributed by atoms with van der Waals surface area (Å²) in [4.78, 5) is 202. The molecular formula is C74H120N14O16. The van der Waals surface area contributed by atoms with Crippen LogP contribution in [-0.4, -0.2) is 191 Å². The highest BCUT2D eigenvalue weighted by Gasteiger charge is 2.44. The highest BCUT2D eigenvalue weighted by Crippen LogP contribution is 2.23. The number of esters is 1. The van der Waals surface area contributed by atoms with Gasteiger partial charge >= 0.3 is 5.97 Å². The van der Waals surface area contributed by atoms with Gasteiger partial charge in [0.1, 0.15) is 84.3 Å². The van der Waals surface area contributed by atoms with Crippen LogP contribution in [0.15, 0.2) is 53.8 Å². The van der Waals surface area contributed by atoms with Crippen molar-refractivity contribution in [3.63, 3.8) is 0 Å². The van der Waals surface area contributed by atoms with E-state index in [0.29, 0.717) is 30.4 Å². The molecule has 2 aliphatic heterocycles. The summed E-state index contributed by atoms with van der Waals surface area (Å²) in [6.45, 7) is 31.3. The predicted molar refractivity (Wildman–Crippen MR) is 391 cm³/mol. The molecule has 13 amide bonds. The van der Waals surface area contributed by atoms with E-state index in [2.05, 4.69) is 63.8 Å². The number of carbonyl (C=O) groups is 14. The average molecular weight is 1460 g/mol. The van der Waals surface area contributed by atoms with Crippen LogP contribution in [0.1, 0.15) is 182 Å². The minimum absolute atomic E-state index is 0.0330. The number of nitrogens with zero attached hydrogens (tertiary/aromatic N) is 1. The van der Waals surface area contributed by atoms with E-state index in [1.165, 1.54) is 37.8 Å². The van der Waals surface area contributed by atoms with E-state index >= 15 is 4.79 Å². The first-order chi connectivity index (χ1) is 48.7. The summed E-state index contributed by atoms with van der Waals surface area (Å²) >= 11 is 0. The molecule has 2 heterocycles. The minimum Gasteiger partial charge on any atom is -0.458 e. The maximum absolute atomic E-state index is 15.1. The Morgan fingerprint density at radius 3 is 1.65 bits per heavy atom. The molecule has 104 heavy (non-hydrogen) atoms. The fourth-order valence-electron chi connectivity index (χ4n) is 11.9. The second-order valence-corrected chi connectivity index (χ2v) is 29.5. The van der Waals surface area contributed by atoms with Gasteiger partial charge < -0.3 is 84.3 Å². The van der Waals surface area contributed by atoms with E-state index in [9.17, 15) is 67.4 Å². The van der Waals surface area contributed by atoms with Crippen LogP contribution in [0.5, 0.6) is 0 Å². The Labute approximate surface area is 613 Å². The van der Waals surface area contributed by atoms with Gasteiger partial charge in [0.15, 0.2) is 0 Å². The van der Waals surface area contributed by atoms with Gasteiger partial charge in [0.2, 0.25) is 70.9 Å². The molecule has 0 aliphatic carbocycles. The zero-order valence-electron chi connectivity index (χ0n) is 64.3. The number of nitrogens with two attached hydrogens (primary N) is 1. The second-order valence-electron chi connectivity index (χ2n) is 29.5. The van der Waals surface area contributed by atoms with Gasteiger partial charge in [-0.3, -0.25) is 62.3 Å². The molecule has 3 rings (SSSR count). The molecule has 2 saturated heterocycles. The standard InChI is InChI=1S/C74H120N14O16/c1-20-43(16)58-69(98)79-51(36-47-28-24-23-25-29-47)64(93)76-48(22-3)62(91)84-57(42(14)15)74(103)104-46(19)61(72(101)86-59(44(17)21-2)70(99)85-58)87-65(94)50(34-37(4)5)78-63(92)49(30-26-32-75)77-66(95)52-31-27-33-88(52)73(102)56(41(12)13)83-68(97)55(40(10)11)81-67(96)54(39(8)9)82-71(100)60(45(18)89)80-53(90)35-38(6)7/h22-25,28-29,35,37,39-46,49-52,54-61,89H,20-21,26-27,30-34,36,75H2,1-19H3,(H,76,93)(H,77,95)(H,78,92)(H,79,98)(H,80,90)(H,81,96)(H,82,100)(H,83,97)(H,84,91)(H,85,99)(H,86,101)(H,87,94)/b48-22-/t43-,44-,45+,46+,49-,50+,51-,52+,54-,55-,56+,57-,58+,59+,60+,61+/m0/s1. The number of amides is 13. The predicted octanol–water partition coefficient (Wildman–Crippen LogP) is 1.37. The third kappa shape index (κ3) is 27.0. The van der Waals surface area contributed by atoms with E-state index < -0.39 is 203 Å². The summed E-state index contributed by atoms with van der Waals surface area (Å²) in [6, 6.07) is -7.59. The molecule has 0 bridgehead atoms. The molecule has 1 aromatic rings. The summed E-state index contributed by atoms with van der Waals surface area (Å²) in [5.74, 6) is -15.3. The van der Waals surface area contributed by atoms with E-state index in [1.54, 1.807) is 141 Å². The molecule has 30 heteroatoms. The average Bonchev–Trinajstić information content (AvgIpc) is 1.57. The maximum Gasteiger partial charge on any atom is 0.329 e. The van der Waals surface area contributed by atoms with Crippen molar-refractivity contribution in [3.05, 3.63) is 59.3 Å². The molecule has 0 spiro atoms. The van der Waals surface area contributed by atoms with E-state index in [1.807, 2.05) is 0 Å². The molecular weight excluding hydrogens is 1340 g/mol. The van der Waals surface area contributed by atoms with Crippen molar-refractivity contribution in [2.24, 2.45) is 47.2 Å². The summed E-state index contributed by atoms with van der Waals surface area (Å²) in [7, 11) is 0. The highest BCUT2D eigenvalue weighted by molar-refractivity contribution is 6.03. The second kappa shape index (κ2) is 42.8. The van der Waals surface area contributed by atoms with E-state index in [4.69, 9.17) is 10.5 Å². The van der Waals surface area contributed by atoms with Gasteiger partial charge in [-0.2, -0.15) is 0 Å². The lowest BCUT2D eigenvalue weighted by atomic mass is 9.94. The zero-order chi connectivity index (χ0) is 78.7. The quantitative estimate of drug-likeness (QED) is 0.0369. The minimum atomic E-state index is -1.82. The van der Waals surface area contributed by atoms with Crippen LogP contribution < -0.4 is 69.5 Å². The molecule has 16 atom stereocenters. The normalized spacial score (nSPS) is 22.5. The largest absolute Gasteiger partial charge is 0.458 e. The lowest BCUT2D eigenvalue weighted by Crippen LogP contribution is -2.63. The molecule has 15 N–H and O–H groups in total. The van der Waals surface area contributed by atoms with Crippen LogP contribution >= 0.6 is 0 Å². The molecule has 2 aliphatic rings. The van der Waals surface area contributed by atoms with Gasteiger partial charge in [-0.05, 0) is 120 Å². The molecule has 2 fully saturated rings. The number of allylic oxidation sites excluding steroid dienone is 2. The summed E-state index contributed by atoms with van der Waals surface area (Å²) in [5.41, 5.74) is 6.98. The Balaban J connectivity index is 2.03.